The summed E-state index contributed by atoms with van der Waals surface area (Å²) in [4.78, 5) is 1.18. The van der Waals surface area contributed by atoms with E-state index in [0.717, 1.165) is 30.1 Å². The molecule has 0 aromatic carbocycles. The van der Waals surface area contributed by atoms with Gasteiger partial charge in [-0.3, -0.25) is 4.68 Å². The van der Waals surface area contributed by atoms with Crippen LogP contribution in [0.15, 0.2) is 17.6 Å². The van der Waals surface area contributed by atoms with Crippen molar-refractivity contribution in [3.05, 3.63) is 38.8 Å². The van der Waals surface area contributed by atoms with Crippen LogP contribution in [-0.4, -0.2) is 16.3 Å². The summed E-state index contributed by atoms with van der Waals surface area (Å²) in [7, 11) is 0. The van der Waals surface area contributed by atoms with Crippen LogP contribution in [0.4, 0.5) is 0 Å². The molecule has 104 valence electrons. The van der Waals surface area contributed by atoms with E-state index in [0.29, 0.717) is 0 Å². The molecule has 0 saturated carbocycles. The Bertz CT molecular complexity index is 533. The molecule has 0 aliphatic carbocycles. The summed E-state index contributed by atoms with van der Waals surface area (Å²) < 4.78 is 2.07. The third-order valence-electron chi connectivity index (χ3n) is 3.08. The number of halogens is 1. The average molecular weight is 298 g/mol. The fraction of sp³-hybridized carbons (Fsp3) is 0.500. The van der Waals surface area contributed by atoms with Gasteiger partial charge in [0.05, 0.1) is 16.8 Å². The maximum Gasteiger partial charge on any atom is 0.0856 e. The van der Waals surface area contributed by atoms with Gasteiger partial charge in [-0.1, -0.05) is 25.4 Å². The van der Waals surface area contributed by atoms with Crippen LogP contribution in [0.25, 0.3) is 0 Å². The first-order valence-electron chi connectivity index (χ1n) is 6.67. The maximum absolute atomic E-state index is 6.43. The van der Waals surface area contributed by atoms with Crippen molar-refractivity contribution >= 4 is 22.9 Å². The largest absolute Gasteiger partial charge is 0.305 e. The van der Waals surface area contributed by atoms with Crippen molar-refractivity contribution in [2.24, 2.45) is 0 Å². The summed E-state index contributed by atoms with van der Waals surface area (Å²) in [6.07, 6.45) is 2.94. The quantitative estimate of drug-likeness (QED) is 0.873. The van der Waals surface area contributed by atoms with Gasteiger partial charge in [-0.15, -0.1) is 11.3 Å². The molecule has 0 spiro atoms. The first-order valence-corrected chi connectivity index (χ1v) is 7.93. The number of thiophene rings is 1. The second-order valence-corrected chi connectivity index (χ2v) is 5.86. The second-order valence-electron chi connectivity index (χ2n) is 4.57. The fourth-order valence-corrected chi connectivity index (χ4v) is 3.56. The molecule has 2 heterocycles. The highest BCUT2D eigenvalue weighted by atomic mass is 35.5. The highest BCUT2D eigenvalue weighted by Crippen LogP contribution is 2.35. The molecule has 1 atom stereocenters. The van der Waals surface area contributed by atoms with Crippen LogP contribution in [0.5, 0.6) is 0 Å². The topological polar surface area (TPSA) is 29.9 Å². The molecule has 1 unspecified atom stereocenters. The van der Waals surface area contributed by atoms with Crippen LogP contribution in [-0.2, 0) is 6.54 Å². The van der Waals surface area contributed by atoms with Crippen molar-refractivity contribution in [2.45, 2.75) is 39.8 Å². The number of hydrogen-bond acceptors (Lipinski definition) is 3. The van der Waals surface area contributed by atoms with E-state index in [1.54, 1.807) is 11.3 Å². The first-order chi connectivity index (χ1) is 9.19. The monoisotopic (exact) mass is 297 g/mol. The van der Waals surface area contributed by atoms with Crippen LogP contribution in [0.3, 0.4) is 0 Å². The van der Waals surface area contributed by atoms with E-state index in [2.05, 4.69) is 47.3 Å². The van der Waals surface area contributed by atoms with Crippen LogP contribution < -0.4 is 5.32 Å². The van der Waals surface area contributed by atoms with Gasteiger partial charge in [0.2, 0.25) is 0 Å². The van der Waals surface area contributed by atoms with Gasteiger partial charge in [-0.2, -0.15) is 5.10 Å². The zero-order valence-corrected chi connectivity index (χ0v) is 13.2. The van der Waals surface area contributed by atoms with Gasteiger partial charge in [-0.25, -0.2) is 0 Å². The molecule has 0 radical (unpaired) electrons. The summed E-state index contributed by atoms with van der Waals surface area (Å²) in [5, 5.41) is 10.9. The molecule has 1 N–H and O–H groups in total. The van der Waals surface area contributed by atoms with Crippen molar-refractivity contribution in [3.8, 4) is 0 Å². The molecule has 0 aliphatic rings. The molecule has 2 aromatic heterocycles. The molecule has 0 fully saturated rings. The molecule has 2 aromatic rings. The van der Waals surface area contributed by atoms with Gasteiger partial charge in [0, 0.05) is 17.6 Å². The predicted octanol–water partition coefficient (Wildman–Crippen LogP) is 4.02. The van der Waals surface area contributed by atoms with E-state index in [1.165, 1.54) is 10.6 Å². The van der Waals surface area contributed by atoms with Crippen LogP contribution >= 0.6 is 22.9 Å². The Kier molecular flexibility index (Phi) is 5.02. The highest BCUT2D eigenvalue weighted by Gasteiger charge is 2.22. The second kappa shape index (κ2) is 6.55. The Morgan fingerprint density at radius 2 is 2.26 bits per heavy atom. The van der Waals surface area contributed by atoms with E-state index in [-0.39, 0.29) is 6.04 Å². The number of nitrogens with one attached hydrogen (secondary N) is 1. The lowest BCUT2D eigenvalue weighted by molar-refractivity contribution is 0.524. The number of nitrogens with zero attached hydrogens (tertiary/aromatic N) is 2. The molecule has 0 saturated heterocycles. The molecule has 5 heteroatoms. The van der Waals surface area contributed by atoms with Crippen molar-refractivity contribution in [1.82, 2.24) is 15.1 Å². The van der Waals surface area contributed by atoms with Gasteiger partial charge < -0.3 is 5.32 Å². The molecular formula is C14H20ClN3S. The lowest BCUT2D eigenvalue weighted by Gasteiger charge is -2.19. The van der Waals surface area contributed by atoms with Crippen LogP contribution in [0, 0.1) is 6.92 Å². The molecule has 0 bridgehead atoms. The molecule has 2 rings (SSSR count). The third-order valence-corrected chi connectivity index (χ3v) is 4.86. The summed E-state index contributed by atoms with van der Waals surface area (Å²) in [6.45, 7) is 8.16. The zero-order chi connectivity index (χ0) is 13.8. The standard InChI is InChI=1S/C14H20ClN3S/c1-4-8-18-11(6-7-17-18)13(16-5-2)14-12(15)10(3)9-19-14/h6-7,9,13,16H,4-5,8H2,1-3H3. The SMILES string of the molecule is CCCn1nccc1C(NCC)c1scc(C)c1Cl. The van der Waals surface area contributed by atoms with E-state index in [4.69, 9.17) is 11.6 Å². The molecular weight excluding hydrogens is 278 g/mol. The Hall–Kier alpha value is -0.840. The van der Waals surface area contributed by atoms with Crippen molar-refractivity contribution in [1.29, 1.82) is 0 Å². The number of aromatic nitrogens is 2. The minimum atomic E-state index is 0.130. The summed E-state index contributed by atoms with van der Waals surface area (Å²) >= 11 is 8.14. The summed E-state index contributed by atoms with van der Waals surface area (Å²) in [5.74, 6) is 0. The molecule has 19 heavy (non-hydrogen) atoms. The van der Waals surface area contributed by atoms with Gasteiger partial charge in [0.25, 0.3) is 0 Å². The predicted molar refractivity (Wildman–Crippen MR) is 82.1 cm³/mol. The maximum atomic E-state index is 6.43. The smallest absolute Gasteiger partial charge is 0.0856 e. The van der Waals surface area contributed by atoms with Crippen molar-refractivity contribution < 1.29 is 0 Å². The van der Waals surface area contributed by atoms with Gasteiger partial charge in [0.15, 0.2) is 0 Å². The minimum Gasteiger partial charge on any atom is -0.305 e. The molecule has 0 amide bonds. The van der Waals surface area contributed by atoms with Crippen molar-refractivity contribution in [2.75, 3.05) is 6.54 Å². The third kappa shape index (κ3) is 3.02. The number of hydrogen-bond donors (Lipinski definition) is 1. The first kappa shape index (κ1) is 14.6. The Balaban J connectivity index is 2.39. The molecule has 3 nitrogen and oxygen atoms in total. The van der Waals surface area contributed by atoms with E-state index in [1.807, 2.05) is 6.20 Å². The highest BCUT2D eigenvalue weighted by molar-refractivity contribution is 7.10. The summed E-state index contributed by atoms with van der Waals surface area (Å²) in [5.41, 5.74) is 2.33. The van der Waals surface area contributed by atoms with Crippen LogP contribution in [0.2, 0.25) is 5.02 Å². The lowest BCUT2D eigenvalue weighted by atomic mass is 10.1. The van der Waals surface area contributed by atoms with E-state index >= 15 is 0 Å². The normalized spacial score (nSPS) is 12.8. The lowest BCUT2D eigenvalue weighted by Crippen LogP contribution is -2.24. The minimum absolute atomic E-state index is 0.130. The summed E-state index contributed by atoms with van der Waals surface area (Å²) in [6, 6.07) is 2.21. The Morgan fingerprint density at radius 3 is 2.84 bits per heavy atom. The van der Waals surface area contributed by atoms with Gasteiger partial charge in [0.1, 0.15) is 0 Å². The Morgan fingerprint density at radius 1 is 1.47 bits per heavy atom. The molecule has 0 aliphatic heterocycles. The van der Waals surface area contributed by atoms with Crippen molar-refractivity contribution in [3.63, 3.8) is 0 Å². The fourth-order valence-electron chi connectivity index (χ4n) is 2.17. The zero-order valence-electron chi connectivity index (χ0n) is 11.6. The Labute approximate surface area is 123 Å². The number of aryl methyl sites for hydroxylation is 2. The van der Waals surface area contributed by atoms with E-state index < -0.39 is 0 Å². The van der Waals surface area contributed by atoms with Gasteiger partial charge in [-0.05, 0) is 36.9 Å². The van der Waals surface area contributed by atoms with Crippen LogP contribution in [0.1, 0.15) is 42.4 Å². The van der Waals surface area contributed by atoms with E-state index in [9.17, 15) is 0 Å². The number of rotatable bonds is 6. The van der Waals surface area contributed by atoms with Gasteiger partial charge >= 0.3 is 0 Å². The average Bonchev–Trinajstić information content (AvgIpc) is 2.97.